The maximum Gasteiger partial charge on any atom is 0.0771 e. The molecule has 0 fully saturated rings. The van der Waals surface area contributed by atoms with Gasteiger partial charge in [-0.1, -0.05) is 24.3 Å². The van der Waals surface area contributed by atoms with Crippen molar-refractivity contribution >= 4 is 0 Å². The molecule has 1 N–H and O–H groups in total. The fourth-order valence-electron chi connectivity index (χ4n) is 2.93. The fourth-order valence-corrected chi connectivity index (χ4v) is 2.93. The lowest BCUT2D eigenvalue weighted by Gasteiger charge is -2.26. The second kappa shape index (κ2) is 7.77. The minimum atomic E-state index is 0.236. The minimum Gasteiger partial charge on any atom is -0.376 e. The molecule has 112 valence electrons. The van der Waals surface area contributed by atoms with Crippen molar-refractivity contribution < 1.29 is 9.47 Å². The molecule has 0 saturated carbocycles. The number of rotatable bonds is 6. The summed E-state index contributed by atoms with van der Waals surface area (Å²) in [5.74, 6) is 0. The first-order valence-corrected chi connectivity index (χ1v) is 7.70. The Morgan fingerprint density at radius 1 is 1.25 bits per heavy atom. The molecule has 0 spiro atoms. The molecule has 1 aromatic carbocycles. The molecular formula is C17H27NO2. The average molecular weight is 277 g/mol. The molecule has 2 rings (SSSR count). The number of ether oxygens (including phenoxy) is 2. The summed E-state index contributed by atoms with van der Waals surface area (Å²) in [6.07, 6.45) is 3.94. The van der Waals surface area contributed by atoms with E-state index >= 15 is 0 Å². The van der Waals surface area contributed by atoms with Crippen LogP contribution < -0.4 is 5.32 Å². The van der Waals surface area contributed by atoms with Gasteiger partial charge in [0.1, 0.15) is 0 Å². The van der Waals surface area contributed by atoms with E-state index in [1.54, 1.807) is 0 Å². The molecule has 1 aliphatic rings. The molecule has 1 aliphatic carbocycles. The lowest BCUT2D eigenvalue weighted by molar-refractivity contribution is -0.0274. The fraction of sp³-hybridized carbons (Fsp3) is 0.647. The lowest BCUT2D eigenvalue weighted by atomic mass is 9.98. The molecule has 0 aliphatic heterocycles. The van der Waals surface area contributed by atoms with E-state index in [9.17, 15) is 0 Å². The molecule has 1 aromatic rings. The zero-order chi connectivity index (χ0) is 14.4. The summed E-state index contributed by atoms with van der Waals surface area (Å²) >= 11 is 0. The lowest BCUT2D eigenvalue weighted by Crippen LogP contribution is -2.32. The van der Waals surface area contributed by atoms with E-state index in [-0.39, 0.29) is 18.2 Å². The molecule has 3 heteroatoms. The van der Waals surface area contributed by atoms with Crippen LogP contribution in [0.3, 0.4) is 0 Å². The molecule has 2 unspecified atom stereocenters. The standard InChI is InChI=1S/C17H27NO2/c1-13(2)19-11-12-20-16-10-6-8-14-7-4-5-9-15(14)17(16)18-3/h4-5,7,9,13,16-18H,6,8,10-12H2,1-3H3. The van der Waals surface area contributed by atoms with Crippen molar-refractivity contribution in [1.82, 2.24) is 5.32 Å². The maximum absolute atomic E-state index is 6.09. The van der Waals surface area contributed by atoms with Crippen molar-refractivity contribution in [3.8, 4) is 0 Å². The highest BCUT2D eigenvalue weighted by molar-refractivity contribution is 5.32. The van der Waals surface area contributed by atoms with Gasteiger partial charge in [0.2, 0.25) is 0 Å². The average Bonchev–Trinajstić information content (AvgIpc) is 2.62. The summed E-state index contributed by atoms with van der Waals surface area (Å²) in [7, 11) is 2.02. The molecule has 20 heavy (non-hydrogen) atoms. The highest BCUT2D eigenvalue weighted by Gasteiger charge is 2.26. The number of likely N-dealkylation sites (N-methyl/N-ethyl adjacent to an activating group) is 1. The predicted molar refractivity (Wildman–Crippen MR) is 82.0 cm³/mol. The second-order valence-corrected chi connectivity index (χ2v) is 5.69. The largest absolute Gasteiger partial charge is 0.376 e. The quantitative estimate of drug-likeness (QED) is 0.640. The molecule has 0 aromatic heterocycles. The summed E-state index contributed by atoms with van der Waals surface area (Å²) in [4.78, 5) is 0. The smallest absolute Gasteiger partial charge is 0.0771 e. The van der Waals surface area contributed by atoms with Crippen LogP contribution in [0, 0.1) is 0 Å². The van der Waals surface area contributed by atoms with Gasteiger partial charge in [0.25, 0.3) is 0 Å². The van der Waals surface area contributed by atoms with E-state index < -0.39 is 0 Å². The Kier molecular flexibility index (Phi) is 6.02. The summed E-state index contributed by atoms with van der Waals surface area (Å²) in [5, 5.41) is 3.43. The van der Waals surface area contributed by atoms with Crippen LogP contribution in [-0.2, 0) is 15.9 Å². The highest BCUT2D eigenvalue weighted by atomic mass is 16.5. The summed E-state index contributed by atoms with van der Waals surface area (Å²) < 4.78 is 11.6. The third-order valence-electron chi connectivity index (χ3n) is 3.87. The third kappa shape index (κ3) is 4.05. The monoisotopic (exact) mass is 277 g/mol. The molecule has 0 amide bonds. The Morgan fingerprint density at radius 3 is 2.80 bits per heavy atom. The number of hydrogen-bond acceptors (Lipinski definition) is 3. The summed E-state index contributed by atoms with van der Waals surface area (Å²) in [5.41, 5.74) is 2.85. The first kappa shape index (κ1) is 15.5. The summed E-state index contributed by atoms with van der Waals surface area (Å²) in [6, 6.07) is 9.00. The molecule has 0 bridgehead atoms. The van der Waals surface area contributed by atoms with E-state index in [1.165, 1.54) is 17.5 Å². The second-order valence-electron chi connectivity index (χ2n) is 5.69. The highest BCUT2D eigenvalue weighted by Crippen LogP contribution is 2.30. The zero-order valence-corrected chi connectivity index (χ0v) is 12.9. The van der Waals surface area contributed by atoms with Crippen molar-refractivity contribution in [2.45, 2.75) is 51.4 Å². The van der Waals surface area contributed by atoms with Crippen LogP contribution in [0.2, 0.25) is 0 Å². The molecular weight excluding hydrogens is 250 g/mol. The van der Waals surface area contributed by atoms with E-state index in [0.717, 1.165) is 12.8 Å². The van der Waals surface area contributed by atoms with Crippen molar-refractivity contribution in [3.05, 3.63) is 35.4 Å². The van der Waals surface area contributed by atoms with E-state index in [4.69, 9.17) is 9.47 Å². The van der Waals surface area contributed by atoms with Crippen LogP contribution in [0.5, 0.6) is 0 Å². The van der Waals surface area contributed by atoms with Crippen LogP contribution in [0.1, 0.15) is 43.9 Å². The molecule has 0 radical (unpaired) electrons. The van der Waals surface area contributed by atoms with Gasteiger partial charge in [-0.05, 0) is 51.3 Å². The molecule has 0 heterocycles. The van der Waals surface area contributed by atoms with Crippen LogP contribution in [0.15, 0.2) is 24.3 Å². The number of aryl methyl sites for hydroxylation is 1. The van der Waals surface area contributed by atoms with Gasteiger partial charge < -0.3 is 14.8 Å². The molecule has 2 atom stereocenters. The number of nitrogens with one attached hydrogen (secondary N) is 1. The van der Waals surface area contributed by atoms with Crippen molar-refractivity contribution in [1.29, 1.82) is 0 Å². The normalized spacial score (nSPS) is 22.6. The van der Waals surface area contributed by atoms with Gasteiger partial charge in [-0.15, -0.1) is 0 Å². The van der Waals surface area contributed by atoms with Gasteiger partial charge in [0, 0.05) is 0 Å². The first-order valence-electron chi connectivity index (χ1n) is 7.70. The van der Waals surface area contributed by atoms with E-state index in [2.05, 4.69) is 43.4 Å². The van der Waals surface area contributed by atoms with Gasteiger partial charge >= 0.3 is 0 Å². The van der Waals surface area contributed by atoms with E-state index in [0.29, 0.717) is 13.2 Å². The molecule has 0 saturated heterocycles. The number of hydrogen-bond donors (Lipinski definition) is 1. The Morgan fingerprint density at radius 2 is 2.05 bits per heavy atom. The van der Waals surface area contributed by atoms with Gasteiger partial charge in [0.05, 0.1) is 31.5 Å². The number of benzene rings is 1. The topological polar surface area (TPSA) is 30.5 Å². The van der Waals surface area contributed by atoms with Crippen molar-refractivity contribution in [2.24, 2.45) is 0 Å². The van der Waals surface area contributed by atoms with Gasteiger partial charge in [0.15, 0.2) is 0 Å². The van der Waals surface area contributed by atoms with Crippen molar-refractivity contribution in [3.63, 3.8) is 0 Å². The number of fused-ring (bicyclic) bond motifs is 1. The Balaban J connectivity index is 1.98. The third-order valence-corrected chi connectivity index (χ3v) is 3.87. The summed E-state index contributed by atoms with van der Waals surface area (Å²) in [6.45, 7) is 5.45. The van der Waals surface area contributed by atoms with E-state index in [1.807, 2.05) is 7.05 Å². The van der Waals surface area contributed by atoms with Crippen LogP contribution in [0.4, 0.5) is 0 Å². The van der Waals surface area contributed by atoms with Gasteiger partial charge in [-0.2, -0.15) is 0 Å². The van der Waals surface area contributed by atoms with Gasteiger partial charge in [-0.25, -0.2) is 0 Å². The zero-order valence-electron chi connectivity index (χ0n) is 12.9. The Bertz CT molecular complexity index is 406. The predicted octanol–water partition coefficient (Wildman–Crippen LogP) is 3.09. The van der Waals surface area contributed by atoms with Crippen molar-refractivity contribution in [2.75, 3.05) is 20.3 Å². The maximum atomic E-state index is 6.09. The first-order chi connectivity index (χ1) is 9.72. The van der Waals surface area contributed by atoms with Crippen LogP contribution >= 0.6 is 0 Å². The Hall–Kier alpha value is -0.900. The molecule has 3 nitrogen and oxygen atoms in total. The van der Waals surface area contributed by atoms with Crippen LogP contribution in [-0.4, -0.2) is 32.5 Å². The Labute approximate surface area is 122 Å². The minimum absolute atomic E-state index is 0.236. The SMILES string of the molecule is CNC1c2ccccc2CCCC1OCCOC(C)C. The van der Waals surface area contributed by atoms with Gasteiger partial charge in [-0.3, -0.25) is 0 Å². The van der Waals surface area contributed by atoms with Crippen LogP contribution in [0.25, 0.3) is 0 Å².